The smallest absolute Gasteiger partial charge is 0.303 e. The van der Waals surface area contributed by atoms with Crippen molar-refractivity contribution in [2.45, 2.75) is 49.8 Å². The van der Waals surface area contributed by atoms with Gasteiger partial charge < -0.3 is 14.9 Å². The zero-order valence-electron chi connectivity index (χ0n) is 21.4. The fourth-order valence-corrected chi connectivity index (χ4v) is 5.30. The van der Waals surface area contributed by atoms with E-state index in [1.807, 2.05) is 32.0 Å². The highest BCUT2D eigenvalue weighted by Gasteiger charge is 2.46. The Morgan fingerprint density at radius 1 is 1.11 bits per heavy atom. The Bertz CT molecular complexity index is 1340. The number of allylic oxidation sites excluding steroid dienone is 3. The summed E-state index contributed by atoms with van der Waals surface area (Å²) in [7, 11) is 1.56. The van der Waals surface area contributed by atoms with Gasteiger partial charge in [-0.15, -0.1) is 4.33 Å². The molecule has 2 aliphatic rings. The van der Waals surface area contributed by atoms with Gasteiger partial charge in [0.25, 0.3) is 0 Å². The molecule has 1 heterocycles. The summed E-state index contributed by atoms with van der Waals surface area (Å²) < 4.78 is 11.9. The van der Waals surface area contributed by atoms with Crippen LogP contribution in [0.4, 0.5) is 5.69 Å². The molecule has 10 heteroatoms. The van der Waals surface area contributed by atoms with Gasteiger partial charge in [-0.1, -0.05) is 17.2 Å². The van der Waals surface area contributed by atoms with E-state index in [1.165, 1.54) is 0 Å². The summed E-state index contributed by atoms with van der Waals surface area (Å²) in [6, 6.07) is 12.7. The van der Waals surface area contributed by atoms with Crippen LogP contribution in [0.2, 0.25) is 0 Å². The molecule has 4 rings (SSSR count). The Labute approximate surface area is 224 Å². The van der Waals surface area contributed by atoms with E-state index < -0.39 is 11.4 Å². The topological polar surface area (TPSA) is 126 Å². The number of hydrogen-bond donors (Lipinski definition) is 3. The van der Waals surface area contributed by atoms with E-state index in [0.717, 1.165) is 41.8 Å². The van der Waals surface area contributed by atoms with E-state index in [0.29, 0.717) is 29.2 Å². The molecule has 9 nitrogen and oxygen atoms in total. The number of hydrogen-bond acceptors (Lipinski definition) is 8. The predicted octanol–water partition coefficient (Wildman–Crippen LogP) is 5.62. The van der Waals surface area contributed by atoms with Crippen LogP contribution < -0.4 is 4.74 Å². The van der Waals surface area contributed by atoms with Crippen molar-refractivity contribution >= 4 is 40.8 Å². The molecule has 0 radical (unpaired) electrons. The molecule has 0 aromatic heterocycles. The van der Waals surface area contributed by atoms with E-state index in [9.17, 15) is 14.7 Å². The predicted molar refractivity (Wildman–Crippen MR) is 142 cm³/mol. The Morgan fingerprint density at radius 3 is 2.47 bits per heavy atom. The highest BCUT2D eigenvalue weighted by atomic mass is 32.2. The number of carbonyl (C=O) groups is 2. The molecular weight excluding hydrogens is 510 g/mol. The Hall–Kier alpha value is -3.44. The summed E-state index contributed by atoms with van der Waals surface area (Å²) in [6.07, 6.45) is 3.95. The average molecular weight is 541 g/mol. The third kappa shape index (κ3) is 5.39. The SMILES string of the molecule is COc1ccc(C2=C(O)/C(=C/C3=[N+](CCCCCC(=O)O)c4ccc(SOOO)cc4C3(C)C)C2=O)cc1. The second kappa shape index (κ2) is 11.5. The molecule has 0 unspecified atom stereocenters. The second-order valence-electron chi connectivity index (χ2n) is 9.61. The number of methoxy groups -OCH3 is 1. The summed E-state index contributed by atoms with van der Waals surface area (Å²) in [5, 5.41) is 32.1. The number of carboxylic acid groups (broad SMARTS) is 1. The molecule has 3 N–H and O–H groups in total. The lowest BCUT2D eigenvalue weighted by molar-refractivity contribution is -0.438. The summed E-state index contributed by atoms with van der Waals surface area (Å²) in [5.74, 6) is -0.444. The van der Waals surface area contributed by atoms with Crippen molar-refractivity contribution in [3.63, 3.8) is 0 Å². The molecule has 0 saturated heterocycles. The number of aliphatic carboxylic acids is 1. The molecule has 2 aromatic carbocycles. The van der Waals surface area contributed by atoms with Gasteiger partial charge in [-0.25, -0.2) is 5.26 Å². The molecule has 0 fully saturated rings. The number of carbonyl (C=O) groups excluding carboxylic acids is 1. The quantitative estimate of drug-likeness (QED) is 0.0785. The van der Waals surface area contributed by atoms with E-state index in [1.54, 1.807) is 37.5 Å². The molecule has 2 aromatic rings. The van der Waals surface area contributed by atoms with Crippen molar-refractivity contribution in [3.05, 3.63) is 71.0 Å². The first-order chi connectivity index (χ1) is 18.2. The molecular formula is C28H30NO8S+. The molecule has 0 bridgehead atoms. The van der Waals surface area contributed by atoms with E-state index in [4.69, 9.17) is 15.1 Å². The number of fused-ring (bicyclic) bond motifs is 1. The minimum Gasteiger partial charge on any atom is -0.506 e. The van der Waals surface area contributed by atoms with Gasteiger partial charge in [-0.3, -0.25) is 9.59 Å². The maximum Gasteiger partial charge on any atom is 0.303 e. The number of aliphatic hydroxyl groups excluding tert-OH is 1. The number of ketones is 1. The minimum absolute atomic E-state index is 0.0504. The maximum atomic E-state index is 13.2. The number of ether oxygens (including phenoxy) is 1. The van der Waals surface area contributed by atoms with Gasteiger partial charge in [-0.05, 0) is 56.5 Å². The van der Waals surface area contributed by atoms with Crippen molar-refractivity contribution in [3.8, 4) is 5.75 Å². The number of aliphatic hydroxyl groups is 1. The van der Waals surface area contributed by atoms with Gasteiger partial charge in [0.2, 0.25) is 11.5 Å². The fourth-order valence-electron chi connectivity index (χ4n) is 4.90. The lowest BCUT2D eigenvalue weighted by Crippen LogP contribution is -2.31. The molecule has 1 aliphatic carbocycles. The van der Waals surface area contributed by atoms with E-state index in [-0.39, 0.29) is 29.1 Å². The van der Waals surface area contributed by atoms with Crippen molar-refractivity contribution in [1.29, 1.82) is 0 Å². The Morgan fingerprint density at radius 2 is 1.84 bits per heavy atom. The molecule has 200 valence electrons. The van der Waals surface area contributed by atoms with E-state index >= 15 is 0 Å². The monoisotopic (exact) mass is 540 g/mol. The first-order valence-electron chi connectivity index (χ1n) is 12.2. The van der Waals surface area contributed by atoms with Gasteiger partial charge >= 0.3 is 5.97 Å². The minimum atomic E-state index is -0.813. The van der Waals surface area contributed by atoms with Crippen LogP contribution in [0.5, 0.6) is 5.75 Å². The normalized spacial score (nSPS) is 17.2. The van der Waals surface area contributed by atoms with Crippen LogP contribution in [0.3, 0.4) is 0 Å². The summed E-state index contributed by atoms with van der Waals surface area (Å²) >= 11 is 0.866. The van der Waals surface area contributed by atoms with Crippen LogP contribution in [0.15, 0.2) is 64.8 Å². The highest BCUT2D eigenvalue weighted by molar-refractivity contribution is 7.94. The standard InChI is InChI=1S/C28H29NO8S/c1-28(2)21-15-19(38-37-36-34)12-13-22(21)29(14-6-4-5-7-24(30)31)23(28)16-20-26(32)25(27(20)33)17-8-10-18(35-3)11-9-17/h8-13,15-16H,4-7,14H2,1-3H3,(H2-,30,31,32,33,34)/p+1. The van der Waals surface area contributed by atoms with Gasteiger partial charge in [-0.2, -0.15) is 4.58 Å². The fraction of sp³-hybridized carbons (Fsp3) is 0.321. The van der Waals surface area contributed by atoms with Crippen LogP contribution in [-0.2, 0) is 24.4 Å². The average Bonchev–Trinajstić information content (AvgIpc) is 3.11. The van der Waals surface area contributed by atoms with Gasteiger partial charge in [0.15, 0.2) is 5.71 Å². The lowest BCUT2D eigenvalue weighted by atomic mass is 9.77. The zero-order chi connectivity index (χ0) is 27.4. The van der Waals surface area contributed by atoms with Crippen molar-refractivity contribution < 1.29 is 43.7 Å². The Balaban J connectivity index is 1.70. The number of Topliss-reactive ketones (excluding diaryl/α,β-unsaturated/α-hetero) is 1. The number of unbranched alkanes of at least 4 members (excludes halogenated alkanes) is 2. The van der Waals surface area contributed by atoms with Gasteiger partial charge in [0.05, 0.1) is 35.7 Å². The molecule has 1 aliphatic heterocycles. The molecule has 0 atom stereocenters. The first-order valence-corrected chi connectivity index (χ1v) is 12.9. The number of rotatable bonds is 12. The third-order valence-corrected chi connectivity index (χ3v) is 7.49. The van der Waals surface area contributed by atoms with Crippen molar-refractivity contribution in [2.75, 3.05) is 13.7 Å². The first kappa shape index (κ1) is 27.6. The van der Waals surface area contributed by atoms with Gasteiger partial charge in [0, 0.05) is 35.4 Å². The van der Waals surface area contributed by atoms with Crippen LogP contribution in [0.25, 0.3) is 5.57 Å². The highest BCUT2D eigenvalue weighted by Crippen LogP contribution is 2.44. The summed E-state index contributed by atoms with van der Waals surface area (Å²) in [5.41, 5.74) is 3.37. The van der Waals surface area contributed by atoms with Crippen LogP contribution in [-0.4, -0.2) is 51.2 Å². The number of nitrogens with zero attached hydrogens (tertiary/aromatic N) is 1. The zero-order valence-corrected chi connectivity index (χ0v) is 22.2. The van der Waals surface area contributed by atoms with Crippen LogP contribution >= 0.6 is 12.0 Å². The maximum absolute atomic E-state index is 13.2. The number of carboxylic acids is 1. The summed E-state index contributed by atoms with van der Waals surface area (Å²) in [6.45, 7) is 4.69. The number of benzene rings is 2. The van der Waals surface area contributed by atoms with Crippen LogP contribution in [0, 0.1) is 0 Å². The molecule has 0 amide bonds. The molecule has 38 heavy (non-hydrogen) atoms. The van der Waals surface area contributed by atoms with Gasteiger partial charge in [0.1, 0.15) is 18.1 Å². The molecule has 0 saturated carbocycles. The van der Waals surface area contributed by atoms with Crippen molar-refractivity contribution in [2.24, 2.45) is 0 Å². The molecule has 0 spiro atoms. The largest absolute Gasteiger partial charge is 0.506 e. The second-order valence-corrected chi connectivity index (χ2v) is 10.4. The van der Waals surface area contributed by atoms with Crippen LogP contribution in [0.1, 0.15) is 50.7 Å². The lowest BCUT2D eigenvalue weighted by Gasteiger charge is -2.23. The van der Waals surface area contributed by atoms with Crippen molar-refractivity contribution in [1.82, 2.24) is 0 Å². The summed E-state index contributed by atoms with van der Waals surface area (Å²) in [4.78, 5) is 24.8. The third-order valence-electron chi connectivity index (χ3n) is 6.92. The van der Waals surface area contributed by atoms with E-state index in [2.05, 4.69) is 13.9 Å². The Kier molecular flexibility index (Phi) is 8.37.